The molecule has 1 saturated carbocycles. The average Bonchev–Trinajstić information content (AvgIpc) is 3.10. The third-order valence-corrected chi connectivity index (χ3v) is 5.95. The van der Waals surface area contributed by atoms with Gasteiger partial charge in [0, 0.05) is 32.6 Å². The van der Waals surface area contributed by atoms with Crippen LogP contribution in [0.15, 0.2) is 12.7 Å². The third-order valence-electron chi connectivity index (χ3n) is 5.95. The number of ketones is 1. The first-order valence-electron chi connectivity index (χ1n) is 17.4. The minimum atomic E-state index is -0.518. The summed E-state index contributed by atoms with van der Waals surface area (Å²) in [6, 6.07) is -0.979. The molecule has 0 aromatic rings. The lowest BCUT2D eigenvalue weighted by Gasteiger charge is -2.30. The molecule has 10 heteroatoms. The second kappa shape index (κ2) is 48.6. The summed E-state index contributed by atoms with van der Waals surface area (Å²) in [7, 11) is 0. The van der Waals surface area contributed by atoms with Crippen LogP contribution < -0.4 is 21.7 Å². The highest BCUT2D eigenvalue weighted by Crippen LogP contribution is 2.22. The van der Waals surface area contributed by atoms with Gasteiger partial charge in [0.15, 0.2) is 5.78 Å². The van der Waals surface area contributed by atoms with E-state index in [0.29, 0.717) is 45.4 Å². The predicted octanol–water partition coefficient (Wildman–Crippen LogP) is 6.63. The fourth-order valence-corrected chi connectivity index (χ4v) is 3.82. The lowest BCUT2D eigenvalue weighted by atomic mass is 9.91. The van der Waals surface area contributed by atoms with E-state index >= 15 is 0 Å². The van der Waals surface area contributed by atoms with Crippen LogP contribution in [0.5, 0.6) is 0 Å². The maximum Gasteiger partial charge on any atom is 0.312 e. The number of urea groups is 1. The number of piperidine rings is 1. The quantitative estimate of drug-likeness (QED) is 0.0902. The van der Waals surface area contributed by atoms with Gasteiger partial charge in [-0.05, 0) is 39.0 Å². The van der Waals surface area contributed by atoms with E-state index in [2.05, 4.69) is 41.1 Å². The molecule has 0 bridgehead atoms. The highest BCUT2D eigenvalue weighted by atomic mass is 16.2. The molecule has 1 aliphatic heterocycles. The molecule has 2 aliphatic rings. The van der Waals surface area contributed by atoms with Gasteiger partial charge in [-0.3, -0.25) is 19.2 Å². The number of rotatable bonds is 10. The van der Waals surface area contributed by atoms with Crippen molar-refractivity contribution >= 4 is 30.5 Å². The SMILES string of the molecule is C#CCCC(NC(=O)C1CCCN(C=O)C1)C(C)=O.C=CCNC=O.CC.CC.CC.CC.CC1CCCCC1.CCNC(N)=O. The van der Waals surface area contributed by atoms with Crippen LogP contribution in [0.2, 0.25) is 0 Å². The number of terminal acetylenes is 1. The molecule has 5 N–H and O–H groups in total. The summed E-state index contributed by atoms with van der Waals surface area (Å²) in [6.45, 7) is 27.3. The number of carbonyl (C=O) groups is 5. The molecule has 1 heterocycles. The van der Waals surface area contributed by atoms with Crippen molar-refractivity contribution in [3.63, 3.8) is 0 Å². The third kappa shape index (κ3) is 42.8. The Labute approximate surface area is 283 Å². The number of nitrogens with two attached hydrogens (primary N) is 1. The monoisotopic (exact) mass is 656 g/mol. The molecule has 272 valence electrons. The summed E-state index contributed by atoms with van der Waals surface area (Å²) in [6.07, 6.45) is 18.1. The van der Waals surface area contributed by atoms with Gasteiger partial charge in [0.1, 0.15) is 0 Å². The standard InChI is InChI=1S/C14H20N2O3.C7H14.C4H7NO.C3H8N2O.4C2H6/c1-3-4-7-13(11(2)18)15-14(19)12-6-5-8-16(9-12)10-17;1-7-5-3-2-4-6-7;1-2-3-5-4-6;1-2-5-3(4)6;4*1-2/h1,10,12-13H,4-9H2,2H3,(H,15,19);7H,2-6H2,1H3;2,4H,1,3H2,(H,5,6);2H2,1H3,(H3,4,5,6);4*1-2H3. The van der Waals surface area contributed by atoms with Gasteiger partial charge in [-0.15, -0.1) is 18.9 Å². The van der Waals surface area contributed by atoms with Crippen LogP contribution in [-0.2, 0) is 19.2 Å². The maximum absolute atomic E-state index is 12.1. The molecule has 1 aliphatic carbocycles. The molecule has 1 saturated heterocycles. The number of amides is 5. The van der Waals surface area contributed by atoms with Gasteiger partial charge < -0.3 is 26.6 Å². The Morgan fingerprint density at radius 1 is 0.978 bits per heavy atom. The topological polar surface area (TPSA) is 151 Å². The van der Waals surface area contributed by atoms with E-state index in [1.807, 2.05) is 62.3 Å². The second-order valence-electron chi connectivity index (χ2n) is 9.31. The van der Waals surface area contributed by atoms with Crippen molar-refractivity contribution in [2.24, 2.45) is 17.6 Å². The summed E-state index contributed by atoms with van der Waals surface area (Å²) in [5.74, 6) is 3.02. The van der Waals surface area contributed by atoms with E-state index in [9.17, 15) is 24.0 Å². The molecular formula is C36H73N5O5. The number of hydrogen-bond donors (Lipinski definition) is 4. The molecule has 2 fully saturated rings. The van der Waals surface area contributed by atoms with Crippen LogP contribution in [0.4, 0.5) is 4.79 Å². The minimum Gasteiger partial charge on any atom is -0.355 e. The largest absolute Gasteiger partial charge is 0.355 e. The van der Waals surface area contributed by atoms with Crippen molar-refractivity contribution < 1.29 is 24.0 Å². The van der Waals surface area contributed by atoms with E-state index in [-0.39, 0.29) is 17.6 Å². The molecule has 2 unspecified atom stereocenters. The summed E-state index contributed by atoms with van der Waals surface area (Å²) in [4.78, 5) is 54.9. The Kier molecular flexibility index (Phi) is 58.1. The van der Waals surface area contributed by atoms with Crippen LogP contribution in [0, 0.1) is 24.2 Å². The van der Waals surface area contributed by atoms with Crippen molar-refractivity contribution in [2.45, 2.75) is 140 Å². The number of likely N-dealkylation sites (tertiary alicyclic amines) is 1. The summed E-state index contributed by atoms with van der Waals surface area (Å²) in [5.41, 5.74) is 4.65. The van der Waals surface area contributed by atoms with Crippen molar-refractivity contribution in [1.82, 2.24) is 20.9 Å². The smallest absolute Gasteiger partial charge is 0.312 e. The highest BCUT2D eigenvalue weighted by molar-refractivity contribution is 5.88. The fraction of sp³-hybridized carbons (Fsp3) is 0.750. The first kappa shape index (κ1) is 55.1. The van der Waals surface area contributed by atoms with Gasteiger partial charge in [-0.2, -0.15) is 0 Å². The predicted molar refractivity (Wildman–Crippen MR) is 196 cm³/mol. The van der Waals surface area contributed by atoms with E-state index in [0.717, 1.165) is 25.2 Å². The summed E-state index contributed by atoms with van der Waals surface area (Å²) >= 11 is 0. The number of carbonyl (C=O) groups excluding carboxylic acids is 5. The Morgan fingerprint density at radius 3 is 1.83 bits per heavy atom. The Morgan fingerprint density at radius 2 is 1.52 bits per heavy atom. The maximum atomic E-state index is 12.1. The molecule has 5 amide bonds. The van der Waals surface area contributed by atoms with Crippen LogP contribution in [0.25, 0.3) is 0 Å². The zero-order chi connectivity index (χ0) is 37.2. The normalized spacial score (nSPS) is 14.6. The average molecular weight is 656 g/mol. The zero-order valence-electron chi connectivity index (χ0n) is 31.5. The number of Topliss-reactive ketones (excluding diaryl/α,β-unsaturated/α-hetero) is 1. The second-order valence-corrected chi connectivity index (χ2v) is 9.31. The first-order valence-corrected chi connectivity index (χ1v) is 17.4. The first-order chi connectivity index (χ1) is 22.2. The van der Waals surface area contributed by atoms with E-state index in [1.165, 1.54) is 39.0 Å². The molecule has 0 spiro atoms. The molecule has 0 aromatic heterocycles. The summed E-state index contributed by atoms with van der Waals surface area (Å²) in [5, 5.41) is 7.49. The Balaban J connectivity index is -0.000000122. The Bertz CT molecular complexity index is 727. The van der Waals surface area contributed by atoms with Crippen molar-refractivity contribution in [3.8, 4) is 12.3 Å². The molecule has 2 rings (SSSR count). The minimum absolute atomic E-state index is 0.0911. The molecule has 10 nitrogen and oxygen atoms in total. The fourth-order valence-electron chi connectivity index (χ4n) is 3.82. The molecular weight excluding hydrogens is 582 g/mol. The number of nitrogens with one attached hydrogen (secondary N) is 3. The number of primary amides is 1. The van der Waals surface area contributed by atoms with Gasteiger partial charge in [-0.25, -0.2) is 4.79 Å². The van der Waals surface area contributed by atoms with Crippen molar-refractivity contribution in [2.75, 3.05) is 26.2 Å². The molecule has 0 radical (unpaired) electrons. The van der Waals surface area contributed by atoms with Crippen LogP contribution in [0.3, 0.4) is 0 Å². The van der Waals surface area contributed by atoms with Gasteiger partial charge in [0.25, 0.3) is 0 Å². The lowest BCUT2D eigenvalue weighted by Crippen LogP contribution is -2.47. The van der Waals surface area contributed by atoms with E-state index in [4.69, 9.17) is 6.42 Å². The van der Waals surface area contributed by atoms with E-state index in [1.54, 1.807) is 11.0 Å². The zero-order valence-corrected chi connectivity index (χ0v) is 31.5. The van der Waals surface area contributed by atoms with Gasteiger partial charge >= 0.3 is 6.03 Å². The molecule has 0 aromatic carbocycles. The van der Waals surface area contributed by atoms with Gasteiger partial charge in [-0.1, -0.05) is 100 Å². The van der Waals surface area contributed by atoms with Gasteiger partial charge in [0.05, 0.1) is 12.0 Å². The van der Waals surface area contributed by atoms with Crippen molar-refractivity contribution in [3.05, 3.63) is 12.7 Å². The summed E-state index contributed by atoms with van der Waals surface area (Å²) < 4.78 is 0. The molecule has 46 heavy (non-hydrogen) atoms. The number of nitrogens with zero attached hydrogens (tertiary/aromatic N) is 1. The van der Waals surface area contributed by atoms with Crippen LogP contribution >= 0.6 is 0 Å². The lowest BCUT2D eigenvalue weighted by molar-refractivity contribution is -0.132. The van der Waals surface area contributed by atoms with E-state index < -0.39 is 12.1 Å². The van der Waals surface area contributed by atoms with Gasteiger partial charge in [0.2, 0.25) is 18.7 Å². The van der Waals surface area contributed by atoms with Crippen molar-refractivity contribution in [1.29, 1.82) is 0 Å². The Hall–Kier alpha value is -3.35. The highest BCUT2D eigenvalue weighted by Gasteiger charge is 2.27. The molecule has 2 atom stereocenters. The van der Waals surface area contributed by atoms with Crippen LogP contribution in [-0.4, -0.2) is 67.7 Å². The van der Waals surface area contributed by atoms with Crippen LogP contribution in [0.1, 0.15) is 134 Å². The number of hydrogen-bond acceptors (Lipinski definition) is 5.